The molecule has 0 spiro atoms. The summed E-state index contributed by atoms with van der Waals surface area (Å²) in [5, 5.41) is 12.7. The van der Waals surface area contributed by atoms with Gasteiger partial charge < -0.3 is 10.4 Å². The fourth-order valence-electron chi connectivity index (χ4n) is 1.91. The molecule has 0 radical (unpaired) electrons. The number of benzene rings is 1. The number of rotatable bonds is 4. The third kappa shape index (κ3) is 1.90. The van der Waals surface area contributed by atoms with Crippen LogP contribution >= 0.6 is 0 Å². The number of aliphatic hydroxyl groups excluding tert-OH is 1. The van der Waals surface area contributed by atoms with E-state index in [4.69, 9.17) is 0 Å². The molecule has 76 valence electrons. The molecule has 1 aliphatic carbocycles. The number of anilines is 1. The first-order valence-electron chi connectivity index (χ1n) is 5.24. The maximum atomic E-state index is 9.27. The maximum Gasteiger partial charge on any atom is 0.0504 e. The summed E-state index contributed by atoms with van der Waals surface area (Å²) in [4.78, 5) is 0. The standard InChI is InChI=1S/C12H17NO/c14-10-12(7-4-8-12)9-13-11-5-2-1-3-6-11/h1-3,5-6,13-14H,4,7-10H2. The first-order valence-corrected chi connectivity index (χ1v) is 5.24. The Morgan fingerprint density at radius 3 is 2.43 bits per heavy atom. The van der Waals surface area contributed by atoms with Crippen molar-refractivity contribution >= 4 is 5.69 Å². The fourth-order valence-corrected chi connectivity index (χ4v) is 1.91. The van der Waals surface area contributed by atoms with E-state index in [0.29, 0.717) is 6.61 Å². The highest BCUT2D eigenvalue weighted by Gasteiger charge is 2.35. The summed E-state index contributed by atoms with van der Waals surface area (Å²) in [5.74, 6) is 0. The second-order valence-electron chi connectivity index (χ2n) is 4.23. The SMILES string of the molecule is OCC1(CNc2ccccc2)CCC1. The zero-order chi connectivity index (χ0) is 9.86. The van der Waals surface area contributed by atoms with Gasteiger partial charge in [0, 0.05) is 17.6 Å². The second-order valence-corrected chi connectivity index (χ2v) is 4.23. The van der Waals surface area contributed by atoms with E-state index in [-0.39, 0.29) is 5.41 Å². The number of para-hydroxylation sites is 1. The molecular weight excluding hydrogens is 174 g/mol. The molecule has 0 aliphatic heterocycles. The van der Waals surface area contributed by atoms with Crippen LogP contribution in [0.3, 0.4) is 0 Å². The monoisotopic (exact) mass is 191 g/mol. The van der Waals surface area contributed by atoms with E-state index in [0.717, 1.165) is 25.1 Å². The number of hydrogen-bond acceptors (Lipinski definition) is 2. The molecule has 0 unspecified atom stereocenters. The lowest BCUT2D eigenvalue weighted by atomic mass is 9.69. The van der Waals surface area contributed by atoms with Crippen LogP contribution in [0, 0.1) is 5.41 Å². The Labute approximate surface area is 85.0 Å². The van der Waals surface area contributed by atoms with Crippen LogP contribution in [-0.4, -0.2) is 18.3 Å². The summed E-state index contributed by atoms with van der Waals surface area (Å²) < 4.78 is 0. The molecule has 0 atom stereocenters. The van der Waals surface area contributed by atoms with Gasteiger partial charge in [0.15, 0.2) is 0 Å². The molecule has 0 aromatic heterocycles. The molecule has 2 N–H and O–H groups in total. The highest BCUT2D eigenvalue weighted by Crippen LogP contribution is 2.40. The van der Waals surface area contributed by atoms with Crippen molar-refractivity contribution in [3.8, 4) is 0 Å². The topological polar surface area (TPSA) is 32.3 Å². The molecule has 1 fully saturated rings. The van der Waals surface area contributed by atoms with Gasteiger partial charge in [0.25, 0.3) is 0 Å². The number of hydrogen-bond donors (Lipinski definition) is 2. The minimum absolute atomic E-state index is 0.163. The van der Waals surface area contributed by atoms with E-state index in [9.17, 15) is 5.11 Å². The molecule has 1 saturated carbocycles. The van der Waals surface area contributed by atoms with E-state index >= 15 is 0 Å². The molecule has 14 heavy (non-hydrogen) atoms. The molecule has 2 heteroatoms. The van der Waals surface area contributed by atoms with Crippen LogP contribution in [0.5, 0.6) is 0 Å². The van der Waals surface area contributed by atoms with Gasteiger partial charge in [-0.3, -0.25) is 0 Å². The van der Waals surface area contributed by atoms with Crippen LogP contribution < -0.4 is 5.32 Å². The van der Waals surface area contributed by atoms with Crippen molar-refractivity contribution in [2.75, 3.05) is 18.5 Å². The van der Waals surface area contributed by atoms with Gasteiger partial charge in [0.2, 0.25) is 0 Å². The van der Waals surface area contributed by atoms with Gasteiger partial charge in [-0.2, -0.15) is 0 Å². The third-order valence-electron chi connectivity index (χ3n) is 3.19. The van der Waals surface area contributed by atoms with Crippen molar-refractivity contribution in [2.45, 2.75) is 19.3 Å². The van der Waals surface area contributed by atoms with Crippen molar-refractivity contribution < 1.29 is 5.11 Å². The molecule has 0 heterocycles. The van der Waals surface area contributed by atoms with Crippen molar-refractivity contribution in [3.63, 3.8) is 0 Å². The summed E-state index contributed by atoms with van der Waals surface area (Å²) in [6, 6.07) is 10.2. The van der Waals surface area contributed by atoms with Gasteiger partial charge >= 0.3 is 0 Å². The fraction of sp³-hybridized carbons (Fsp3) is 0.500. The Morgan fingerprint density at radius 1 is 1.21 bits per heavy atom. The Morgan fingerprint density at radius 2 is 1.93 bits per heavy atom. The minimum Gasteiger partial charge on any atom is -0.396 e. The summed E-state index contributed by atoms with van der Waals surface area (Å²) in [6.07, 6.45) is 3.57. The first-order chi connectivity index (χ1) is 6.85. The van der Waals surface area contributed by atoms with Crippen LogP contribution in [0.25, 0.3) is 0 Å². The molecule has 1 aromatic carbocycles. The summed E-state index contributed by atoms with van der Waals surface area (Å²) in [5.41, 5.74) is 1.31. The van der Waals surface area contributed by atoms with E-state index in [1.165, 1.54) is 6.42 Å². The molecule has 0 bridgehead atoms. The van der Waals surface area contributed by atoms with Gasteiger partial charge in [-0.05, 0) is 25.0 Å². The summed E-state index contributed by atoms with van der Waals surface area (Å²) in [6.45, 7) is 1.21. The van der Waals surface area contributed by atoms with Crippen LogP contribution in [-0.2, 0) is 0 Å². The maximum absolute atomic E-state index is 9.27. The van der Waals surface area contributed by atoms with E-state index in [2.05, 4.69) is 17.4 Å². The molecule has 1 aliphatic rings. The van der Waals surface area contributed by atoms with Crippen molar-refractivity contribution in [1.29, 1.82) is 0 Å². The van der Waals surface area contributed by atoms with E-state index < -0.39 is 0 Å². The zero-order valence-electron chi connectivity index (χ0n) is 8.37. The number of nitrogens with one attached hydrogen (secondary N) is 1. The quantitative estimate of drug-likeness (QED) is 0.765. The van der Waals surface area contributed by atoms with Crippen molar-refractivity contribution in [2.24, 2.45) is 5.41 Å². The van der Waals surface area contributed by atoms with Gasteiger partial charge in [0.05, 0.1) is 6.61 Å². The Balaban J connectivity index is 1.88. The average molecular weight is 191 g/mol. The predicted molar refractivity (Wildman–Crippen MR) is 58.3 cm³/mol. The highest BCUT2D eigenvalue weighted by atomic mass is 16.3. The van der Waals surface area contributed by atoms with E-state index in [1.807, 2.05) is 18.2 Å². The second kappa shape index (κ2) is 4.01. The smallest absolute Gasteiger partial charge is 0.0504 e. The van der Waals surface area contributed by atoms with Crippen LogP contribution in [0.2, 0.25) is 0 Å². The molecule has 0 amide bonds. The van der Waals surface area contributed by atoms with Gasteiger partial charge in [-0.25, -0.2) is 0 Å². The van der Waals surface area contributed by atoms with Crippen LogP contribution in [0.4, 0.5) is 5.69 Å². The lowest BCUT2D eigenvalue weighted by Crippen LogP contribution is -2.39. The molecule has 0 saturated heterocycles. The van der Waals surface area contributed by atoms with Gasteiger partial charge in [0.1, 0.15) is 0 Å². The lowest BCUT2D eigenvalue weighted by Gasteiger charge is -2.40. The normalized spacial score (nSPS) is 18.6. The molecule has 2 rings (SSSR count). The minimum atomic E-state index is 0.163. The van der Waals surface area contributed by atoms with Gasteiger partial charge in [-0.1, -0.05) is 24.6 Å². The van der Waals surface area contributed by atoms with E-state index in [1.54, 1.807) is 0 Å². The molecular formula is C12H17NO. The predicted octanol–water partition coefficient (Wildman–Crippen LogP) is 2.26. The Bertz CT molecular complexity index is 274. The zero-order valence-corrected chi connectivity index (χ0v) is 8.37. The van der Waals surface area contributed by atoms with Crippen molar-refractivity contribution in [3.05, 3.63) is 30.3 Å². The van der Waals surface area contributed by atoms with Crippen LogP contribution in [0.15, 0.2) is 30.3 Å². The average Bonchev–Trinajstić information content (AvgIpc) is 2.19. The van der Waals surface area contributed by atoms with Crippen LogP contribution in [0.1, 0.15) is 19.3 Å². The Kier molecular flexibility index (Phi) is 2.73. The largest absolute Gasteiger partial charge is 0.396 e. The summed E-state index contributed by atoms with van der Waals surface area (Å²) in [7, 11) is 0. The lowest BCUT2D eigenvalue weighted by molar-refractivity contribution is 0.0576. The highest BCUT2D eigenvalue weighted by molar-refractivity contribution is 5.42. The molecule has 1 aromatic rings. The Hall–Kier alpha value is -1.02. The number of aliphatic hydroxyl groups is 1. The first kappa shape index (κ1) is 9.53. The third-order valence-corrected chi connectivity index (χ3v) is 3.19. The van der Waals surface area contributed by atoms with Crippen molar-refractivity contribution in [1.82, 2.24) is 0 Å². The molecule has 2 nitrogen and oxygen atoms in total. The summed E-state index contributed by atoms with van der Waals surface area (Å²) >= 11 is 0. The van der Waals surface area contributed by atoms with Gasteiger partial charge in [-0.15, -0.1) is 0 Å².